The fraction of sp³-hybridized carbons (Fsp3) is 0.941. The van der Waals surface area contributed by atoms with E-state index in [4.69, 9.17) is 4.74 Å². The summed E-state index contributed by atoms with van der Waals surface area (Å²) in [5.74, 6) is 1.64. The molecule has 0 aromatic carbocycles. The van der Waals surface area contributed by atoms with E-state index in [2.05, 4.69) is 34.4 Å². The molecule has 1 fully saturated rings. The Bertz CT molecular complexity index is 303. The second-order valence-corrected chi connectivity index (χ2v) is 5.96. The summed E-state index contributed by atoms with van der Waals surface area (Å²) in [6, 6.07) is 0.614. The quantitative estimate of drug-likeness (QED) is 0.237. The first-order valence-corrected chi connectivity index (χ1v) is 9.03. The van der Waals surface area contributed by atoms with Crippen molar-refractivity contribution in [3.8, 4) is 0 Å². The number of halogens is 1. The van der Waals surface area contributed by atoms with Gasteiger partial charge < -0.3 is 15.4 Å². The Hall–Kier alpha value is -0.0800. The average molecular weight is 440 g/mol. The molecule has 1 saturated heterocycles. The van der Waals surface area contributed by atoms with Crippen molar-refractivity contribution < 1.29 is 4.74 Å². The van der Waals surface area contributed by atoms with Crippen LogP contribution in [0, 0.1) is 5.92 Å². The van der Waals surface area contributed by atoms with Gasteiger partial charge in [0.15, 0.2) is 5.96 Å². The molecule has 0 bridgehead atoms. The second kappa shape index (κ2) is 14.3. The van der Waals surface area contributed by atoms with Crippen LogP contribution in [0.5, 0.6) is 0 Å². The van der Waals surface area contributed by atoms with Gasteiger partial charge in [-0.25, -0.2) is 0 Å². The highest BCUT2D eigenvalue weighted by molar-refractivity contribution is 14.0. The number of likely N-dealkylation sites (tertiary alicyclic amines) is 1. The Morgan fingerprint density at radius 3 is 2.30 bits per heavy atom. The van der Waals surface area contributed by atoms with Crippen LogP contribution in [0.4, 0.5) is 0 Å². The summed E-state index contributed by atoms with van der Waals surface area (Å²) in [4.78, 5) is 6.98. The lowest BCUT2D eigenvalue weighted by Gasteiger charge is -2.34. The summed E-state index contributed by atoms with van der Waals surface area (Å²) in [5.41, 5.74) is 0. The maximum absolute atomic E-state index is 5.35. The van der Waals surface area contributed by atoms with E-state index >= 15 is 0 Å². The lowest BCUT2D eigenvalue weighted by atomic mass is 9.93. The van der Waals surface area contributed by atoms with Crippen LogP contribution in [0.3, 0.4) is 0 Å². The first kappa shape index (κ1) is 22.9. The zero-order valence-corrected chi connectivity index (χ0v) is 17.8. The molecule has 1 aliphatic rings. The van der Waals surface area contributed by atoms with Crippen LogP contribution in [-0.4, -0.2) is 63.3 Å². The Labute approximate surface area is 160 Å². The molecule has 0 spiro atoms. The van der Waals surface area contributed by atoms with Gasteiger partial charge in [0.25, 0.3) is 0 Å². The summed E-state index contributed by atoms with van der Waals surface area (Å²) < 4.78 is 5.35. The predicted octanol–water partition coefficient (Wildman–Crippen LogP) is 2.71. The minimum atomic E-state index is 0. The molecule has 0 saturated carbocycles. The Kier molecular flexibility index (Phi) is 14.2. The molecule has 0 radical (unpaired) electrons. The molecular formula is C17H37IN4O. The molecule has 0 amide bonds. The SMILES string of the molecule is CCOCCNC(=NC)NCC(C(CC)CC)N1CCCC1.I. The number of hydrogen-bond acceptors (Lipinski definition) is 3. The number of ether oxygens (including phenoxy) is 1. The lowest BCUT2D eigenvalue weighted by Crippen LogP contribution is -2.49. The highest BCUT2D eigenvalue weighted by atomic mass is 127. The number of rotatable bonds is 10. The molecule has 5 nitrogen and oxygen atoms in total. The van der Waals surface area contributed by atoms with Gasteiger partial charge in [0.1, 0.15) is 0 Å². The number of nitrogens with zero attached hydrogens (tertiary/aromatic N) is 2. The highest BCUT2D eigenvalue weighted by Crippen LogP contribution is 2.22. The van der Waals surface area contributed by atoms with Crippen molar-refractivity contribution in [2.75, 3.05) is 46.4 Å². The van der Waals surface area contributed by atoms with E-state index in [-0.39, 0.29) is 24.0 Å². The first-order valence-electron chi connectivity index (χ1n) is 9.03. The third kappa shape index (κ3) is 8.54. The fourth-order valence-corrected chi connectivity index (χ4v) is 3.31. The van der Waals surface area contributed by atoms with Gasteiger partial charge in [-0.2, -0.15) is 0 Å². The van der Waals surface area contributed by atoms with Crippen molar-refractivity contribution in [3.63, 3.8) is 0 Å². The average Bonchev–Trinajstić information content (AvgIpc) is 3.07. The van der Waals surface area contributed by atoms with Gasteiger partial charge in [0.05, 0.1) is 6.61 Å². The smallest absolute Gasteiger partial charge is 0.191 e. The maximum Gasteiger partial charge on any atom is 0.191 e. The summed E-state index contributed by atoms with van der Waals surface area (Å²) in [7, 11) is 1.83. The standard InChI is InChI=1S/C17H36N4O.HI/c1-5-15(6-2)16(21-11-8-9-12-21)14-20-17(18-4)19-10-13-22-7-3;/h15-16H,5-14H2,1-4H3,(H2,18,19,20);1H. The fourth-order valence-electron chi connectivity index (χ4n) is 3.31. The van der Waals surface area contributed by atoms with E-state index in [1.165, 1.54) is 38.8 Å². The molecule has 0 aliphatic carbocycles. The van der Waals surface area contributed by atoms with Gasteiger partial charge >= 0.3 is 0 Å². The van der Waals surface area contributed by atoms with Crippen molar-refractivity contribution in [2.45, 2.75) is 52.5 Å². The molecule has 6 heteroatoms. The van der Waals surface area contributed by atoms with Gasteiger partial charge in [-0.1, -0.05) is 26.7 Å². The van der Waals surface area contributed by atoms with Gasteiger partial charge in [-0.3, -0.25) is 9.89 Å². The van der Waals surface area contributed by atoms with Crippen molar-refractivity contribution in [2.24, 2.45) is 10.9 Å². The van der Waals surface area contributed by atoms with Gasteiger partial charge in [-0.15, -0.1) is 24.0 Å². The molecule has 1 rings (SSSR count). The number of nitrogens with one attached hydrogen (secondary N) is 2. The van der Waals surface area contributed by atoms with E-state index in [1.807, 2.05) is 14.0 Å². The minimum absolute atomic E-state index is 0. The summed E-state index contributed by atoms with van der Waals surface area (Å²) in [6.07, 6.45) is 5.18. The number of guanidine groups is 1. The summed E-state index contributed by atoms with van der Waals surface area (Å²) in [5, 5.41) is 6.83. The summed E-state index contributed by atoms with van der Waals surface area (Å²) in [6.45, 7) is 12.4. The van der Waals surface area contributed by atoms with Gasteiger partial charge in [-0.05, 0) is 38.8 Å². The predicted molar refractivity (Wildman–Crippen MR) is 110 cm³/mol. The lowest BCUT2D eigenvalue weighted by molar-refractivity contribution is 0.152. The largest absolute Gasteiger partial charge is 0.380 e. The van der Waals surface area contributed by atoms with Crippen LogP contribution in [-0.2, 0) is 4.74 Å². The molecular weight excluding hydrogens is 403 g/mol. The molecule has 1 heterocycles. The van der Waals surface area contributed by atoms with Crippen LogP contribution >= 0.6 is 24.0 Å². The van der Waals surface area contributed by atoms with E-state index in [0.717, 1.165) is 38.2 Å². The first-order chi connectivity index (χ1) is 10.8. The molecule has 23 heavy (non-hydrogen) atoms. The van der Waals surface area contributed by atoms with E-state index < -0.39 is 0 Å². The Morgan fingerprint density at radius 1 is 1.13 bits per heavy atom. The summed E-state index contributed by atoms with van der Waals surface area (Å²) >= 11 is 0. The second-order valence-electron chi connectivity index (χ2n) is 5.96. The normalized spacial score (nSPS) is 17.2. The van der Waals surface area contributed by atoms with Crippen LogP contribution in [0.15, 0.2) is 4.99 Å². The molecule has 0 aromatic rings. The van der Waals surface area contributed by atoms with Gasteiger partial charge in [0, 0.05) is 32.8 Å². The minimum Gasteiger partial charge on any atom is -0.380 e. The molecule has 138 valence electrons. The third-order valence-electron chi connectivity index (χ3n) is 4.65. The van der Waals surface area contributed by atoms with Crippen molar-refractivity contribution in [1.82, 2.24) is 15.5 Å². The number of aliphatic imine (C=N–C) groups is 1. The van der Waals surface area contributed by atoms with E-state index in [1.54, 1.807) is 0 Å². The van der Waals surface area contributed by atoms with E-state index in [9.17, 15) is 0 Å². The van der Waals surface area contributed by atoms with Crippen LogP contribution in [0.25, 0.3) is 0 Å². The van der Waals surface area contributed by atoms with Crippen LogP contribution < -0.4 is 10.6 Å². The molecule has 1 unspecified atom stereocenters. The molecule has 1 aliphatic heterocycles. The van der Waals surface area contributed by atoms with Crippen LogP contribution in [0.2, 0.25) is 0 Å². The topological polar surface area (TPSA) is 48.9 Å². The Morgan fingerprint density at radius 2 is 1.78 bits per heavy atom. The molecule has 0 aromatic heterocycles. The van der Waals surface area contributed by atoms with E-state index in [0.29, 0.717) is 6.04 Å². The maximum atomic E-state index is 5.35. The molecule has 1 atom stereocenters. The third-order valence-corrected chi connectivity index (χ3v) is 4.65. The Balaban J connectivity index is 0.00000484. The van der Waals surface area contributed by atoms with Crippen molar-refractivity contribution in [1.29, 1.82) is 0 Å². The van der Waals surface area contributed by atoms with Gasteiger partial charge in [0.2, 0.25) is 0 Å². The zero-order chi connectivity index (χ0) is 16.2. The molecule has 2 N–H and O–H groups in total. The van der Waals surface area contributed by atoms with Crippen molar-refractivity contribution in [3.05, 3.63) is 0 Å². The van der Waals surface area contributed by atoms with Crippen molar-refractivity contribution >= 4 is 29.9 Å². The monoisotopic (exact) mass is 440 g/mol. The number of hydrogen-bond donors (Lipinski definition) is 2. The highest BCUT2D eigenvalue weighted by Gasteiger charge is 2.27. The van der Waals surface area contributed by atoms with Crippen LogP contribution in [0.1, 0.15) is 46.5 Å². The zero-order valence-electron chi connectivity index (χ0n) is 15.4.